The molecule has 0 aliphatic heterocycles. The summed E-state index contributed by atoms with van der Waals surface area (Å²) in [6.07, 6.45) is 5.68. The predicted molar refractivity (Wildman–Crippen MR) is 65.4 cm³/mol. The molecule has 0 saturated heterocycles. The topological polar surface area (TPSA) is 88.0 Å². The highest BCUT2D eigenvalue weighted by Crippen LogP contribution is 2.02. The average Bonchev–Trinajstić information content (AvgIpc) is 2.40. The predicted octanol–water partition coefficient (Wildman–Crippen LogP) is 1.22. The van der Waals surface area contributed by atoms with Crippen LogP contribution in [0.1, 0.15) is 16.1 Å². The smallest absolute Gasteiger partial charge is 0.354 e. The maximum Gasteiger partial charge on any atom is 0.354 e. The number of carboxylic acids is 1. The number of pyridine rings is 1. The summed E-state index contributed by atoms with van der Waals surface area (Å²) >= 11 is 0. The van der Waals surface area contributed by atoms with Gasteiger partial charge in [-0.1, -0.05) is 0 Å². The Bertz CT molecular complexity index is 531. The molecular formula is C12H12N4O2. The minimum atomic E-state index is -1.06. The van der Waals surface area contributed by atoms with E-state index in [4.69, 9.17) is 5.11 Å². The first-order valence-electron chi connectivity index (χ1n) is 5.45. The van der Waals surface area contributed by atoms with Gasteiger partial charge in [-0.2, -0.15) is 0 Å². The van der Waals surface area contributed by atoms with Crippen molar-refractivity contribution in [2.45, 2.75) is 6.42 Å². The maximum absolute atomic E-state index is 10.7. The van der Waals surface area contributed by atoms with Gasteiger partial charge in [0.25, 0.3) is 0 Å². The first-order chi connectivity index (χ1) is 8.75. The quantitative estimate of drug-likeness (QED) is 0.822. The Hall–Kier alpha value is -2.50. The van der Waals surface area contributed by atoms with Crippen molar-refractivity contribution in [2.24, 2.45) is 0 Å². The number of anilines is 1. The molecular weight excluding hydrogens is 232 g/mol. The molecule has 2 N–H and O–H groups in total. The lowest BCUT2D eigenvalue weighted by atomic mass is 10.2. The van der Waals surface area contributed by atoms with Crippen LogP contribution >= 0.6 is 0 Å². The van der Waals surface area contributed by atoms with Crippen molar-refractivity contribution in [3.63, 3.8) is 0 Å². The highest BCUT2D eigenvalue weighted by atomic mass is 16.4. The van der Waals surface area contributed by atoms with Crippen LogP contribution in [0.4, 0.5) is 5.95 Å². The molecule has 0 spiro atoms. The van der Waals surface area contributed by atoms with E-state index in [2.05, 4.69) is 20.3 Å². The van der Waals surface area contributed by atoms with Gasteiger partial charge >= 0.3 is 5.97 Å². The molecule has 18 heavy (non-hydrogen) atoms. The summed E-state index contributed by atoms with van der Waals surface area (Å²) in [5.41, 5.74) is 1.13. The number of rotatable bonds is 5. The molecule has 0 atom stereocenters. The number of aromatic nitrogens is 3. The molecule has 0 amide bonds. The van der Waals surface area contributed by atoms with Crippen molar-refractivity contribution in [2.75, 3.05) is 11.9 Å². The van der Waals surface area contributed by atoms with E-state index in [1.807, 2.05) is 12.1 Å². The lowest BCUT2D eigenvalue weighted by Gasteiger charge is -2.04. The van der Waals surface area contributed by atoms with Crippen LogP contribution in [0.2, 0.25) is 0 Å². The molecule has 0 aliphatic carbocycles. The molecule has 92 valence electrons. The van der Waals surface area contributed by atoms with E-state index >= 15 is 0 Å². The second-order valence-corrected chi connectivity index (χ2v) is 3.60. The molecule has 0 radical (unpaired) electrons. The van der Waals surface area contributed by atoms with Gasteiger partial charge < -0.3 is 10.4 Å². The molecule has 0 aliphatic rings. The molecule has 0 aromatic carbocycles. The van der Waals surface area contributed by atoms with Crippen LogP contribution in [0.15, 0.2) is 36.8 Å². The van der Waals surface area contributed by atoms with E-state index in [1.165, 1.54) is 12.3 Å². The number of aromatic carboxylic acids is 1. The fraction of sp³-hybridized carbons (Fsp3) is 0.167. The summed E-state index contributed by atoms with van der Waals surface area (Å²) in [4.78, 5) is 22.5. The van der Waals surface area contributed by atoms with E-state index in [9.17, 15) is 4.79 Å². The van der Waals surface area contributed by atoms with Crippen LogP contribution in [0.5, 0.6) is 0 Å². The van der Waals surface area contributed by atoms with E-state index < -0.39 is 5.97 Å². The Labute approximate surface area is 104 Å². The normalized spacial score (nSPS) is 10.0. The molecule has 0 unspecified atom stereocenters. The summed E-state index contributed by atoms with van der Waals surface area (Å²) in [6.45, 7) is 0.632. The van der Waals surface area contributed by atoms with Gasteiger partial charge in [-0.05, 0) is 30.2 Å². The summed E-state index contributed by atoms with van der Waals surface area (Å²) in [6, 6.07) is 5.21. The van der Waals surface area contributed by atoms with Gasteiger partial charge in [0.2, 0.25) is 5.95 Å². The van der Waals surface area contributed by atoms with Crippen molar-refractivity contribution < 1.29 is 9.90 Å². The molecule has 2 heterocycles. The zero-order valence-electron chi connectivity index (χ0n) is 9.58. The van der Waals surface area contributed by atoms with Crippen LogP contribution in [-0.4, -0.2) is 32.6 Å². The molecule has 2 rings (SSSR count). The lowest BCUT2D eigenvalue weighted by molar-refractivity contribution is 0.0690. The van der Waals surface area contributed by atoms with E-state index in [0.29, 0.717) is 12.5 Å². The Morgan fingerprint density at radius 3 is 2.72 bits per heavy atom. The van der Waals surface area contributed by atoms with E-state index in [-0.39, 0.29) is 5.69 Å². The van der Waals surface area contributed by atoms with Gasteiger partial charge in [-0.25, -0.2) is 14.8 Å². The molecule has 0 saturated carbocycles. The highest BCUT2D eigenvalue weighted by molar-refractivity contribution is 5.85. The SMILES string of the molecule is O=C(O)c1ccnc(NCCc2ccncc2)n1. The minimum absolute atomic E-state index is 0.0172. The van der Waals surface area contributed by atoms with Gasteiger partial charge in [0.05, 0.1) is 0 Å². The first kappa shape index (κ1) is 12.0. The van der Waals surface area contributed by atoms with E-state index in [1.54, 1.807) is 12.4 Å². The van der Waals surface area contributed by atoms with Gasteiger partial charge in [-0.3, -0.25) is 4.98 Å². The number of hydrogen-bond donors (Lipinski definition) is 2. The Kier molecular flexibility index (Phi) is 3.80. The van der Waals surface area contributed by atoms with Crippen LogP contribution in [0.3, 0.4) is 0 Å². The standard InChI is InChI=1S/C12H12N4O2/c17-11(18)10-4-8-15-12(16-10)14-7-3-9-1-5-13-6-2-9/h1-2,4-6,8H,3,7H2,(H,17,18)(H,14,15,16). The van der Waals surface area contributed by atoms with Gasteiger partial charge in [0.15, 0.2) is 5.69 Å². The van der Waals surface area contributed by atoms with Crippen LogP contribution in [-0.2, 0) is 6.42 Å². The Morgan fingerprint density at radius 2 is 2.00 bits per heavy atom. The monoisotopic (exact) mass is 244 g/mol. The second-order valence-electron chi connectivity index (χ2n) is 3.60. The molecule has 0 fully saturated rings. The number of nitrogens with zero attached hydrogens (tertiary/aromatic N) is 3. The molecule has 6 heteroatoms. The summed E-state index contributed by atoms with van der Waals surface area (Å²) in [5, 5.41) is 11.8. The summed E-state index contributed by atoms with van der Waals surface area (Å²) < 4.78 is 0. The van der Waals surface area contributed by atoms with Crippen LogP contribution < -0.4 is 5.32 Å². The fourth-order valence-corrected chi connectivity index (χ4v) is 1.43. The van der Waals surface area contributed by atoms with Crippen molar-refractivity contribution in [1.29, 1.82) is 0 Å². The first-order valence-corrected chi connectivity index (χ1v) is 5.45. The average molecular weight is 244 g/mol. The van der Waals surface area contributed by atoms with Gasteiger partial charge in [0.1, 0.15) is 0 Å². The van der Waals surface area contributed by atoms with Crippen molar-refractivity contribution in [3.8, 4) is 0 Å². The molecule has 2 aromatic heterocycles. The fourth-order valence-electron chi connectivity index (χ4n) is 1.43. The number of carboxylic acid groups (broad SMARTS) is 1. The second kappa shape index (κ2) is 5.72. The number of hydrogen-bond acceptors (Lipinski definition) is 5. The van der Waals surface area contributed by atoms with Crippen LogP contribution in [0, 0.1) is 0 Å². The van der Waals surface area contributed by atoms with Crippen LogP contribution in [0.25, 0.3) is 0 Å². The Morgan fingerprint density at radius 1 is 1.22 bits per heavy atom. The zero-order chi connectivity index (χ0) is 12.8. The molecule has 6 nitrogen and oxygen atoms in total. The van der Waals surface area contributed by atoms with Crippen molar-refractivity contribution in [3.05, 3.63) is 48.0 Å². The minimum Gasteiger partial charge on any atom is -0.477 e. The Balaban J connectivity index is 1.90. The number of carbonyl (C=O) groups is 1. The summed E-state index contributed by atoms with van der Waals surface area (Å²) in [5.74, 6) is -0.737. The van der Waals surface area contributed by atoms with Crippen molar-refractivity contribution in [1.82, 2.24) is 15.0 Å². The third kappa shape index (κ3) is 3.24. The molecule has 0 bridgehead atoms. The third-order valence-electron chi connectivity index (χ3n) is 2.32. The number of nitrogens with one attached hydrogen (secondary N) is 1. The highest BCUT2D eigenvalue weighted by Gasteiger charge is 2.05. The van der Waals surface area contributed by atoms with Crippen molar-refractivity contribution >= 4 is 11.9 Å². The largest absolute Gasteiger partial charge is 0.477 e. The van der Waals surface area contributed by atoms with Gasteiger partial charge in [-0.15, -0.1) is 0 Å². The lowest BCUT2D eigenvalue weighted by Crippen LogP contribution is -2.10. The summed E-state index contributed by atoms with van der Waals surface area (Å²) in [7, 11) is 0. The zero-order valence-corrected chi connectivity index (χ0v) is 9.58. The third-order valence-corrected chi connectivity index (χ3v) is 2.32. The maximum atomic E-state index is 10.7. The van der Waals surface area contributed by atoms with E-state index in [0.717, 1.165) is 12.0 Å². The van der Waals surface area contributed by atoms with Gasteiger partial charge in [0, 0.05) is 25.1 Å². The molecule has 2 aromatic rings.